The molecule has 0 fully saturated rings. The van der Waals surface area contributed by atoms with E-state index in [0.717, 1.165) is 42.8 Å². The normalized spacial score (nSPS) is 14.3. The summed E-state index contributed by atoms with van der Waals surface area (Å²) in [6.07, 6.45) is 0. The van der Waals surface area contributed by atoms with Crippen molar-refractivity contribution in [1.82, 2.24) is 0 Å². The fourth-order valence-electron chi connectivity index (χ4n) is 3.65. The van der Waals surface area contributed by atoms with Crippen LogP contribution in [0.2, 0.25) is 0 Å². The highest BCUT2D eigenvalue weighted by Gasteiger charge is 2.28. The zero-order valence-corrected chi connectivity index (χ0v) is 13.8. The summed E-state index contributed by atoms with van der Waals surface area (Å²) in [4.78, 5) is 12.5. The van der Waals surface area contributed by atoms with Gasteiger partial charge in [-0.1, -0.05) is 30.0 Å². The van der Waals surface area contributed by atoms with Crippen molar-refractivity contribution in [3.63, 3.8) is 0 Å². The fraction of sp³-hybridized carbons (Fsp3) is 0.100. The van der Waals surface area contributed by atoms with Gasteiger partial charge in [-0.3, -0.25) is 0 Å². The van der Waals surface area contributed by atoms with Gasteiger partial charge in [0, 0.05) is 20.7 Å². The quantitative estimate of drug-likeness (QED) is 0.434. The standard InChI is InChI=1S/C20H10N2O2S/c21-7-11-5-13-9-23-24-10-14-6-12(8-22)20-19(17(13)14)18(11)15-3-1-2-4-16(15)25-20/h1-6H,9-10H2. The molecule has 0 spiro atoms. The van der Waals surface area contributed by atoms with Gasteiger partial charge in [0.15, 0.2) is 0 Å². The lowest BCUT2D eigenvalue weighted by Gasteiger charge is -2.24. The molecule has 5 rings (SSSR count). The molecule has 118 valence electrons. The van der Waals surface area contributed by atoms with E-state index in [-0.39, 0.29) is 13.2 Å². The largest absolute Gasteiger partial charge is 0.232 e. The number of benzene rings is 3. The number of fused-ring (bicyclic) bond motifs is 2. The molecule has 0 atom stereocenters. The molecule has 2 aliphatic heterocycles. The molecule has 2 heterocycles. The molecule has 3 aromatic rings. The first kappa shape index (κ1) is 14.5. The molecule has 2 aliphatic rings. The third kappa shape index (κ3) is 1.95. The van der Waals surface area contributed by atoms with E-state index in [2.05, 4.69) is 12.1 Å². The van der Waals surface area contributed by atoms with Gasteiger partial charge in [0.25, 0.3) is 0 Å². The maximum Gasteiger partial charge on any atom is 0.108 e. The maximum atomic E-state index is 9.76. The molecule has 0 bridgehead atoms. The number of rotatable bonds is 0. The minimum Gasteiger partial charge on any atom is -0.232 e. The van der Waals surface area contributed by atoms with E-state index in [0.29, 0.717) is 11.1 Å². The van der Waals surface area contributed by atoms with Crippen molar-refractivity contribution in [3.05, 3.63) is 58.7 Å². The van der Waals surface area contributed by atoms with Crippen LogP contribution in [-0.4, -0.2) is 0 Å². The molecule has 0 N–H and O–H groups in total. The van der Waals surface area contributed by atoms with Crippen molar-refractivity contribution in [2.45, 2.75) is 23.0 Å². The Balaban J connectivity index is 2.06. The predicted molar refractivity (Wildman–Crippen MR) is 92.5 cm³/mol. The van der Waals surface area contributed by atoms with Crippen molar-refractivity contribution >= 4 is 22.5 Å². The maximum absolute atomic E-state index is 9.76. The Bertz CT molecular complexity index is 1140. The molecule has 0 radical (unpaired) electrons. The average molecular weight is 342 g/mol. The molecule has 0 saturated carbocycles. The SMILES string of the molecule is N#Cc1cc2c3c(cc(C#N)c4c3c1Sc1ccccc1-4)COOC2. The first-order chi connectivity index (χ1) is 12.3. The Morgan fingerprint density at radius 3 is 2.28 bits per heavy atom. The van der Waals surface area contributed by atoms with Crippen molar-refractivity contribution in [3.8, 4) is 23.3 Å². The van der Waals surface area contributed by atoms with E-state index in [9.17, 15) is 10.5 Å². The summed E-state index contributed by atoms with van der Waals surface area (Å²) >= 11 is 1.59. The second kappa shape index (κ2) is 5.34. The van der Waals surface area contributed by atoms with Crippen LogP contribution in [0.5, 0.6) is 0 Å². The van der Waals surface area contributed by atoms with E-state index in [1.807, 2.05) is 36.4 Å². The van der Waals surface area contributed by atoms with Gasteiger partial charge in [-0.05, 0) is 40.3 Å². The zero-order valence-electron chi connectivity index (χ0n) is 13.0. The van der Waals surface area contributed by atoms with Crippen molar-refractivity contribution in [2.24, 2.45) is 0 Å². The summed E-state index contributed by atoms with van der Waals surface area (Å²) in [6.45, 7) is 0.576. The smallest absolute Gasteiger partial charge is 0.108 e. The molecule has 3 aromatic carbocycles. The second-order valence-corrected chi connectivity index (χ2v) is 7.02. The summed E-state index contributed by atoms with van der Waals surface area (Å²) in [7, 11) is 0. The minimum absolute atomic E-state index is 0.288. The minimum atomic E-state index is 0.288. The Kier molecular flexibility index (Phi) is 3.10. The number of hydrogen-bond acceptors (Lipinski definition) is 5. The molecule has 0 unspecified atom stereocenters. The summed E-state index contributed by atoms with van der Waals surface area (Å²) < 4.78 is 0. The Labute approximate surface area is 148 Å². The first-order valence-corrected chi connectivity index (χ1v) is 8.61. The fourth-order valence-corrected chi connectivity index (χ4v) is 4.81. The van der Waals surface area contributed by atoms with Crippen LogP contribution in [0.4, 0.5) is 0 Å². The molecular weight excluding hydrogens is 332 g/mol. The van der Waals surface area contributed by atoms with E-state index in [1.165, 1.54) is 0 Å². The van der Waals surface area contributed by atoms with Crippen LogP contribution in [0.3, 0.4) is 0 Å². The highest BCUT2D eigenvalue weighted by atomic mass is 32.2. The van der Waals surface area contributed by atoms with Crippen LogP contribution >= 0.6 is 11.8 Å². The molecule has 5 heteroatoms. The molecule has 0 saturated heterocycles. The molecule has 25 heavy (non-hydrogen) atoms. The summed E-state index contributed by atoms with van der Waals surface area (Å²) in [5.74, 6) is 0. The molecule has 0 aliphatic carbocycles. The molecule has 4 nitrogen and oxygen atoms in total. The lowest BCUT2D eigenvalue weighted by molar-refractivity contribution is -0.311. The van der Waals surface area contributed by atoms with Crippen molar-refractivity contribution in [1.29, 1.82) is 10.5 Å². The topological polar surface area (TPSA) is 66.0 Å². The molecule has 0 aromatic heterocycles. The molecule has 0 amide bonds. The lowest BCUT2D eigenvalue weighted by Crippen LogP contribution is -2.02. The lowest BCUT2D eigenvalue weighted by atomic mass is 9.87. The van der Waals surface area contributed by atoms with Crippen LogP contribution in [0.15, 0.2) is 46.2 Å². The Morgan fingerprint density at radius 1 is 0.880 bits per heavy atom. The Morgan fingerprint density at radius 2 is 1.56 bits per heavy atom. The summed E-state index contributed by atoms with van der Waals surface area (Å²) in [5.41, 5.74) is 5.00. The van der Waals surface area contributed by atoms with Crippen LogP contribution in [0.1, 0.15) is 22.3 Å². The van der Waals surface area contributed by atoms with Gasteiger partial charge in [-0.25, -0.2) is 9.78 Å². The first-order valence-electron chi connectivity index (χ1n) is 7.79. The van der Waals surface area contributed by atoms with Crippen LogP contribution in [0.25, 0.3) is 21.9 Å². The summed E-state index contributed by atoms with van der Waals surface area (Å²) in [5, 5.41) is 21.5. The average Bonchev–Trinajstić information content (AvgIpc) is 2.87. The van der Waals surface area contributed by atoms with Gasteiger partial charge in [0.2, 0.25) is 0 Å². The van der Waals surface area contributed by atoms with Crippen molar-refractivity contribution < 1.29 is 9.78 Å². The zero-order chi connectivity index (χ0) is 17.0. The van der Waals surface area contributed by atoms with Gasteiger partial charge in [0.1, 0.15) is 19.3 Å². The highest BCUT2D eigenvalue weighted by molar-refractivity contribution is 7.99. The van der Waals surface area contributed by atoms with E-state index >= 15 is 0 Å². The predicted octanol–water partition coefficient (Wildman–Crippen LogP) is 4.68. The van der Waals surface area contributed by atoms with Gasteiger partial charge < -0.3 is 0 Å². The second-order valence-electron chi connectivity index (χ2n) is 5.97. The van der Waals surface area contributed by atoms with Crippen LogP contribution < -0.4 is 0 Å². The third-order valence-corrected chi connectivity index (χ3v) is 5.85. The highest BCUT2D eigenvalue weighted by Crippen LogP contribution is 2.52. The third-order valence-electron chi connectivity index (χ3n) is 4.64. The van der Waals surface area contributed by atoms with E-state index in [1.54, 1.807) is 11.8 Å². The van der Waals surface area contributed by atoms with Gasteiger partial charge in [-0.15, -0.1) is 0 Å². The number of nitrogens with zero attached hydrogens (tertiary/aromatic N) is 2. The van der Waals surface area contributed by atoms with Crippen LogP contribution in [-0.2, 0) is 23.0 Å². The number of hydrogen-bond donors (Lipinski definition) is 0. The van der Waals surface area contributed by atoms with E-state index in [4.69, 9.17) is 9.78 Å². The van der Waals surface area contributed by atoms with Gasteiger partial charge in [-0.2, -0.15) is 10.5 Å². The Hall–Kier alpha value is -2.83. The van der Waals surface area contributed by atoms with E-state index < -0.39 is 0 Å². The van der Waals surface area contributed by atoms with Crippen molar-refractivity contribution in [2.75, 3.05) is 0 Å². The molecular formula is C20H10N2O2S. The van der Waals surface area contributed by atoms with Gasteiger partial charge >= 0.3 is 0 Å². The monoisotopic (exact) mass is 342 g/mol. The summed E-state index contributed by atoms with van der Waals surface area (Å²) in [6, 6.07) is 16.4. The van der Waals surface area contributed by atoms with Crippen LogP contribution in [0, 0.1) is 22.7 Å². The number of nitriles is 2. The van der Waals surface area contributed by atoms with Gasteiger partial charge in [0.05, 0.1) is 17.2 Å².